The summed E-state index contributed by atoms with van der Waals surface area (Å²) in [7, 11) is 1.45. The van der Waals surface area contributed by atoms with Crippen LogP contribution >= 0.6 is 0 Å². The molecule has 0 bridgehead atoms. The molecule has 32 heavy (non-hydrogen) atoms. The van der Waals surface area contributed by atoms with E-state index in [0.717, 1.165) is 5.56 Å². The number of nitrogens with zero attached hydrogens (tertiary/aromatic N) is 1. The molecule has 0 spiro atoms. The van der Waals surface area contributed by atoms with E-state index in [-0.39, 0.29) is 18.0 Å². The first-order valence-electron chi connectivity index (χ1n) is 10.6. The first-order valence-corrected chi connectivity index (χ1v) is 10.6. The Labute approximate surface area is 190 Å². The Kier molecular flexibility index (Phi) is 8.14. The molecule has 0 aromatic heterocycles. The summed E-state index contributed by atoms with van der Waals surface area (Å²) in [5.41, 5.74) is 9.11. The van der Waals surface area contributed by atoms with Crippen molar-refractivity contribution in [3.8, 4) is 11.5 Å². The smallest absolute Gasteiger partial charge is 0.317 e. The molecular formula is C25H34N2O5. The van der Waals surface area contributed by atoms with Crippen LogP contribution in [0.1, 0.15) is 49.4 Å². The largest absolute Gasteiger partial charge is 0.504 e. The molecule has 0 radical (unpaired) electrons. The van der Waals surface area contributed by atoms with E-state index in [1.54, 1.807) is 32.9 Å². The van der Waals surface area contributed by atoms with Gasteiger partial charge in [-0.2, -0.15) is 0 Å². The first kappa shape index (κ1) is 25.0. The number of hydrogen-bond acceptors (Lipinski definition) is 5. The minimum atomic E-state index is -0.847. The maximum Gasteiger partial charge on any atom is 0.317 e. The number of phenolic OH excluding ortho intramolecular Hbond substituents is 1. The highest BCUT2D eigenvalue weighted by Crippen LogP contribution is 2.28. The Morgan fingerprint density at radius 1 is 1.06 bits per heavy atom. The molecule has 3 N–H and O–H groups in total. The lowest BCUT2D eigenvalue weighted by molar-refractivity contribution is -0.167. The summed E-state index contributed by atoms with van der Waals surface area (Å²) in [4.78, 5) is 26.4. The van der Waals surface area contributed by atoms with Gasteiger partial charge in [-0.15, -0.1) is 0 Å². The Hall–Kier alpha value is -3.22. The molecule has 7 nitrogen and oxygen atoms in total. The summed E-state index contributed by atoms with van der Waals surface area (Å²) in [5, 5.41) is 9.85. The van der Waals surface area contributed by atoms with Gasteiger partial charge in [0, 0.05) is 6.42 Å². The second-order valence-electron chi connectivity index (χ2n) is 9.04. The molecule has 0 aliphatic heterocycles. The predicted molar refractivity (Wildman–Crippen MR) is 123 cm³/mol. The monoisotopic (exact) mass is 442 g/mol. The molecule has 174 valence electrons. The second-order valence-corrected chi connectivity index (χ2v) is 9.04. The van der Waals surface area contributed by atoms with E-state index in [9.17, 15) is 14.7 Å². The van der Waals surface area contributed by atoms with Crippen LogP contribution in [0.2, 0.25) is 0 Å². The number of methoxy groups -OCH3 is 1. The molecule has 0 aliphatic carbocycles. The minimum absolute atomic E-state index is 0.00711. The molecule has 2 rings (SSSR count). The van der Waals surface area contributed by atoms with E-state index < -0.39 is 23.6 Å². The van der Waals surface area contributed by atoms with Gasteiger partial charge in [0.05, 0.1) is 19.1 Å². The van der Waals surface area contributed by atoms with Gasteiger partial charge in [0.2, 0.25) is 0 Å². The van der Waals surface area contributed by atoms with Crippen LogP contribution in [0.15, 0.2) is 36.4 Å². The van der Waals surface area contributed by atoms with Crippen LogP contribution in [0, 0.1) is 19.3 Å². The van der Waals surface area contributed by atoms with Crippen LogP contribution in [-0.4, -0.2) is 35.3 Å². The number of hydrogen-bond donors (Lipinski definition) is 2. The van der Waals surface area contributed by atoms with E-state index in [0.29, 0.717) is 18.4 Å². The van der Waals surface area contributed by atoms with Crippen LogP contribution in [0.5, 0.6) is 11.5 Å². The Morgan fingerprint density at radius 3 is 2.28 bits per heavy atom. The fourth-order valence-electron chi connectivity index (χ4n) is 3.17. The van der Waals surface area contributed by atoms with Crippen molar-refractivity contribution in [1.82, 2.24) is 4.90 Å². The van der Waals surface area contributed by atoms with Gasteiger partial charge in [-0.25, -0.2) is 4.79 Å². The zero-order valence-electron chi connectivity index (χ0n) is 19.8. The molecule has 0 saturated carbocycles. The molecule has 1 atom stereocenters. The van der Waals surface area contributed by atoms with E-state index in [1.807, 2.05) is 19.9 Å². The third kappa shape index (κ3) is 6.64. The lowest BCUT2D eigenvalue weighted by Crippen LogP contribution is -2.46. The van der Waals surface area contributed by atoms with Gasteiger partial charge >= 0.3 is 12.0 Å². The third-order valence-corrected chi connectivity index (χ3v) is 5.33. The molecule has 7 heteroatoms. The topological polar surface area (TPSA) is 102 Å². The normalized spacial score (nSPS) is 12.2. The van der Waals surface area contributed by atoms with Crippen LogP contribution in [-0.2, 0) is 22.5 Å². The fourth-order valence-corrected chi connectivity index (χ4v) is 3.17. The van der Waals surface area contributed by atoms with Crippen molar-refractivity contribution in [3.05, 3.63) is 58.7 Å². The van der Waals surface area contributed by atoms with Crippen molar-refractivity contribution >= 4 is 12.0 Å². The second kappa shape index (κ2) is 10.4. The van der Waals surface area contributed by atoms with Gasteiger partial charge in [0.1, 0.15) is 0 Å². The lowest BCUT2D eigenvalue weighted by Gasteiger charge is -2.32. The van der Waals surface area contributed by atoms with Crippen LogP contribution in [0.4, 0.5) is 4.79 Å². The number of aryl methyl sites for hydroxylation is 3. The van der Waals surface area contributed by atoms with Crippen molar-refractivity contribution in [2.75, 3.05) is 7.11 Å². The summed E-state index contributed by atoms with van der Waals surface area (Å²) >= 11 is 0. The Morgan fingerprint density at radius 2 is 1.72 bits per heavy atom. The number of phenols is 1. The maximum atomic E-state index is 12.7. The number of primary amides is 1. The maximum absolute atomic E-state index is 12.7. The van der Waals surface area contributed by atoms with Gasteiger partial charge in [0.15, 0.2) is 17.7 Å². The van der Waals surface area contributed by atoms with Gasteiger partial charge in [-0.05, 0) is 75.4 Å². The summed E-state index contributed by atoms with van der Waals surface area (Å²) < 4.78 is 10.9. The van der Waals surface area contributed by atoms with Crippen molar-refractivity contribution in [3.63, 3.8) is 0 Å². The number of carbonyl (C=O) groups is 2. The van der Waals surface area contributed by atoms with Crippen molar-refractivity contribution in [2.24, 2.45) is 11.1 Å². The van der Waals surface area contributed by atoms with Crippen LogP contribution in [0.3, 0.4) is 0 Å². The highest BCUT2D eigenvalue weighted by molar-refractivity contribution is 5.76. The molecule has 0 aliphatic rings. The number of urea groups is 1. The minimum Gasteiger partial charge on any atom is -0.504 e. The Bertz CT molecular complexity index is 965. The zero-order valence-corrected chi connectivity index (χ0v) is 19.8. The van der Waals surface area contributed by atoms with Crippen LogP contribution in [0.25, 0.3) is 0 Å². The SMILES string of the molecule is COc1cc(CN(C(N)=O)C(CCc2ccc(C)c(C)c2)OC(=O)C(C)(C)C)ccc1O. The zero-order chi connectivity index (χ0) is 24.1. The quantitative estimate of drug-likeness (QED) is 0.465. The summed E-state index contributed by atoms with van der Waals surface area (Å²) in [6.07, 6.45) is 0.148. The summed E-state index contributed by atoms with van der Waals surface area (Å²) in [6.45, 7) is 9.47. The molecule has 0 saturated heterocycles. The number of benzene rings is 2. The Balaban J connectivity index is 2.31. The van der Waals surface area contributed by atoms with Gasteiger partial charge in [-0.1, -0.05) is 24.3 Å². The number of nitrogens with two attached hydrogens (primary N) is 1. The van der Waals surface area contributed by atoms with E-state index in [2.05, 4.69) is 12.1 Å². The van der Waals surface area contributed by atoms with E-state index >= 15 is 0 Å². The van der Waals surface area contributed by atoms with Crippen LogP contribution < -0.4 is 10.5 Å². The molecule has 0 heterocycles. The molecule has 2 amide bonds. The highest BCUT2D eigenvalue weighted by Gasteiger charge is 2.31. The number of rotatable bonds is 8. The average Bonchev–Trinajstić information content (AvgIpc) is 2.71. The number of ether oxygens (including phenoxy) is 2. The first-order chi connectivity index (χ1) is 14.9. The van der Waals surface area contributed by atoms with Gasteiger partial charge < -0.3 is 20.3 Å². The molecule has 0 fully saturated rings. The van der Waals surface area contributed by atoms with E-state index in [4.69, 9.17) is 15.2 Å². The molecule has 1 unspecified atom stereocenters. The summed E-state index contributed by atoms with van der Waals surface area (Å²) in [5.74, 6) is -0.144. The summed E-state index contributed by atoms with van der Waals surface area (Å²) in [6, 6.07) is 10.2. The highest BCUT2D eigenvalue weighted by atomic mass is 16.6. The molecule has 2 aromatic rings. The van der Waals surface area contributed by atoms with Gasteiger partial charge in [0.25, 0.3) is 0 Å². The average molecular weight is 443 g/mol. The van der Waals surface area contributed by atoms with Gasteiger partial charge in [-0.3, -0.25) is 9.69 Å². The number of aromatic hydroxyl groups is 1. The lowest BCUT2D eigenvalue weighted by atomic mass is 9.97. The predicted octanol–water partition coefficient (Wildman–Crippen LogP) is 4.45. The number of carbonyl (C=O) groups excluding carboxylic acids is 2. The molecule has 2 aromatic carbocycles. The van der Waals surface area contributed by atoms with Crippen molar-refractivity contribution in [2.45, 2.75) is 60.2 Å². The number of amides is 2. The van der Waals surface area contributed by atoms with Crippen molar-refractivity contribution < 1.29 is 24.2 Å². The fraction of sp³-hybridized carbons (Fsp3) is 0.440. The number of esters is 1. The standard InChI is InChI=1S/C25H34N2O5/c1-16-7-8-18(13-17(16)2)10-12-22(32-23(29)25(3,4)5)27(24(26)30)15-19-9-11-20(28)21(14-19)31-6/h7-9,11,13-14,22,28H,10,12,15H2,1-6H3,(H2,26,30). The van der Waals surface area contributed by atoms with E-state index in [1.165, 1.54) is 29.2 Å². The molecular weight excluding hydrogens is 408 g/mol. The van der Waals surface area contributed by atoms with Crippen molar-refractivity contribution in [1.29, 1.82) is 0 Å². The third-order valence-electron chi connectivity index (χ3n) is 5.33.